The molecule has 0 bridgehead atoms. The number of amides is 2. The molecule has 0 radical (unpaired) electrons. The summed E-state index contributed by atoms with van der Waals surface area (Å²) in [5.41, 5.74) is -1.98. The zero-order chi connectivity index (χ0) is 27.2. The molecule has 2 heterocycles. The normalized spacial score (nSPS) is 24.6. The fourth-order valence-corrected chi connectivity index (χ4v) is 5.38. The van der Waals surface area contributed by atoms with Crippen LogP contribution in [-0.4, -0.2) is 58.6 Å². The number of carboxylic acid groups (broad SMARTS) is 2. The van der Waals surface area contributed by atoms with Crippen LogP contribution in [-0.2, 0) is 19.2 Å². The predicted octanol–water partition coefficient (Wildman–Crippen LogP) is 1.67. The molecule has 4 unspecified atom stereocenters. The molecule has 13 nitrogen and oxygen atoms in total. The van der Waals surface area contributed by atoms with Gasteiger partial charge in [-0.15, -0.1) is 0 Å². The summed E-state index contributed by atoms with van der Waals surface area (Å²) >= 11 is 0. The average Bonchev–Trinajstić information content (AvgIpc) is 3.32. The van der Waals surface area contributed by atoms with E-state index in [-0.39, 0.29) is 17.1 Å². The first-order valence-electron chi connectivity index (χ1n) is 11.0. The molecular formula is C24H23N3O10. The van der Waals surface area contributed by atoms with Gasteiger partial charge in [-0.05, 0) is 19.1 Å². The van der Waals surface area contributed by atoms with Crippen molar-refractivity contribution >= 4 is 35.1 Å². The molecule has 194 valence electrons. The van der Waals surface area contributed by atoms with E-state index < -0.39 is 58.5 Å². The number of non-ortho nitro benzene ring substituents is 1. The Labute approximate surface area is 209 Å². The monoisotopic (exact) mass is 513 g/mol. The number of methoxy groups -OCH3 is 2. The van der Waals surface area contributed by atoms with E-state index in [2.05, 4.69) is 5.32 Å². The first-order chi connectivity index (χ1) is 17.5. The molecular weight excluding hydrogens is 490 g/mol. The molecule has 13 heteroatoms. The zero-order valence-corrected chi connectivity index (χ0v) is 20.0. The van der Waals surface area contributed by atoms with Crippen LogP contribution in [0.25, 0.3) is 0 Å². The van der Waals surface area contributed by atoms with Gasteiger partial charge < -0.3 is 19.7 Å². The smallest absolute Gasteiger partial charge is 0.325 e. The summed E-state index contributed by atoms with van der Waals surface area (Å²) < 4.78 is 10.8. The largest absolute Gasteiger partial charge is 0.496 e. The van der Waals surface area contributed by atoms with Gasteiger partial charge >= 0.3 is 11.9 Å². The number of benzene rings is 2. The Morgan fingerprint density at radius 2 is 1.84 bits per heavy atom. The highest BCUT2D eigenvalue weighted by Gasteiger charge is 2.69. The number of carboxylic acids is 2. The third-order valence-electron chi connectivity index (χ3n) is 6.91. The highest BCUT2D eigenvalue weighted by atomic mass is 16.6. The van der Waals surface area contributed by atoms with Crippen LogP contribution in [0, 0.1) is 28.9 Å². The number of rotatable bonds is 8. The van der Waals surface area contributed by atoms with E-state index in [0.29, 0.717) is 21.8 Å². The topological polar surface area (TPSA) is 186 Å². The predicted molar refractivity (Wildman–Crippen MR) is 125 cm³/mol. The molecule has 0 saturated carbocycles. The molecule has 37 heavy (non-hydrogen) atoms. The van der Waals surface area contributed by atoms with E-state index >= 15 is 0 Å². The van der Waals surface area contributed by atoms with Crippen molar-refractivity contribution in [1.29, 1.82) is 0 Å². The van der Waals surface area contributed by atoms with Gasteiger partial charge in [-0.2, -0.15) is 0 Å². The Balaban J connectivity index is 1.93. The highest BCUT2D eigenvalue weighted by Crippen LogP contribution is 2.53. The van der Waals surface area contributed by atoms with Gasteiger partial charge in [-0.25, -0.2) is 4.90 Å². The van der Waals surface area contributed by atoms with Gasteiger partial charge in [0.25, 0.3) is 5.69 Å². The number of aliphatic carboxylic acids is 2. The van der Waals surface area contributed by atoms with Gasteiger partial charge in [0.15, 0.2) is 0 Å². The summed E-state index contributed by atoms with van der Waals surface area (Å²) in [7, 11) is 2.82. The first-order valence-corrected chi connectivity index (χ1v) is 11.0. The van der Waals surface area contributed by atoms with E-state index in [4.69, 9.17) is 9.47 Å². The lowest BCUT2D eigenvalue weighted by molar-refractivity contribution is -0.384. The van der Waals surface area contributed by atoms with Gasteiger partial charge in [-0.1, -0.05) is 12.1 Å². The Morgan fingerprint density at radius 1 is 1.14 bits per heavy atom. The number of nitrogens with zero attached hydrogens (tertiary/aromatic N) is 2. The number of carbonyl (C=O) groups excluding carboxylic acids is 2. The minimum absolute atomic E-state index is 0.121. The van der Waals surface area contributed by atoms with Crippen molar-refractivity contribution in [2.24, 2.45) is 11.8 Å². The van der Waals surface area contributed by atoms with Crippen LogP contribution >= 0.6 is 0 Å². The molecule has 0 aliphatic carbocycles. The minimum atomic E-state index is -2.35. The summed E-state index contributed by atoms with van der Waals surface area (Å²) in [4.78, 5) is 63.1. The molecule has 4 rings (SSSR count). The van der Waals surface area contributed by atoms with Crippen LogP contribution in [0.15, 0.2) is 36.4 Å². The summed E-state index contributed by atoms with van der Waals surface area (Å²) in [5, 5.41) is 33.8. The SMILES string of the molecule is COc1ccc(C2NC(CC(=O)O)(C(=O)O)C3C(=O)N(c4cccc([N+](=O)[O-])c4)C(=O)C23)c(OC)c1C. The molecule has 3 N–H and O–H groups in total. The minimum Gasteiger partial charge on any atom is -0.496 e. The van der Waals surface area contributed by atoms with E-state index in [1.54, 1.807) is 19.1 Å². The summed E-state index contributed by atoms with van der Waals surface area (Å²) in [6, 6.07) is 6.79. The lowest BCUT2D eigenvalue weighted by Gasteiger charge is -2.30. The molecule has 2 aromatic rings. The number of ether oxygens (including phenoxy) is 2. The highest BCUT2D eigenvalue weighted by molar-refractivity contribution is 6.24. The zero-order valence-electron chi connectivity index (χ0n) is 20.0. The molecule has 2 amide bonds. The number of hydrogen-bond acceptors (Lipinski definition) is 9. The Hall–Kier alpha value is -4.52. The van der Waals surface area contributed by atoms with Crippen LogP contribution in [0.4, 0.5) is 11.4 Å². The van der Waals surface area contributed by atoms with Crippen LogP contribution in [0.2, 0.25) is 0 Å². The van der Waals surface area contributed by atoms with Gasteiger partial charge in [0.1, 0.15) is 17.0 Å². The number of imide groups is 1. The van der Waals surface area contributed by atoms with Gasteiger partial charge in [-0.3, -0.25) is 34.6 Å². The van der Waals surface area contributed by atoms with Crippen molar-refractivity contribution in [3.05, 3.63) is 57.6 Å². The van der Waals surface area contributed by atoms with E-state index in [1.165, 1.54) is 32.4 Å². The van der Waals surface area contributed by atoms with Crippen molar-refractivity contribution in [3.63, 3.8) is 0 Å². The summed E-state index contributed by atoms with van der Waals surface area (Å²) in [5.74, 6) is -7.16. The molecule has 0 spiro atoms. The lowest BCUT2D eigenvalue weighted by atomic mass is 9.77. The van der Waals surface area contributed by atoms with E-state index in [1.807, 2.05) is 0 Å². The van der Waals surface area contributed by atoms with Crippen LogP contribution in [0.5, 0.6) is 11.5 Å². The standard InChI is InChI=1S/C24H23N3O10/c1-11-15(36-2)8-7-14(20(11)37-3)19-17-18(24(25-19,23(32)33)10-16(28)29)22(31)26(21(17)30)12-5-4-6-13(9-12)27(34)35/h4-9,17-19,25H,10H2,1-3H3,(H,28,29)(H,32,33). The van der Waals surface area contributed by atoms with Crippen molar-refractivity contribution in [1.82, 2.24) is 5.32 Å². The van der Waals surface area contributed by atoms with Gasteiger partial charge in [0.2, 0.25) is 11.8 Å². The number of nitrogens with one attached hydrogen (secondary N) is 1. The van der Waals surface area contributed by atoms with Gasteiger partial charge in [0, 0.05) is 29.3 Å². The fraction of sp³-hybridized carbons (Fsp3) is 0.333. The third kappa shape index (κ3) is 3.83. The Morgan fingerprint density at radius 3 is 2.41 bits per heavy atom. The molecule has 0 aromatic heterocycles. The first kappa shape index (κ1) is 25.6. The fourth-order valence-electron chi connectivity index (χ4n) is 5.38. The summed E-state index contributed by atoms with van der Waals surface area (Å²) in [6.07, 6.45) is -1.00. The van der Waals surface area contributed by atoms with Crippen LogP contribution < -0.4 is 19.7 Å². The van der Waals surface area contributed by atoms with E-state index in [0.717, 1.165) is 6.07 Å². The number of anilines is 1. The molecule has 2 aliphatic heterocycles. The second-order valence-electron chi connectivity index (χ2n) is 8.78. The van der Waals surface area contributed by atoms with Crippen molar-refractivity contribution < 1.29 is 43.8 Å². The molecule has 2 aromatic carbocycles. The van der Waals surface area contributed by atoms with Gasteiger partial charge in [0.05, 0.1) is 43.1 Å². The quantitative estimate of drug-likeness (QED) is 0.265. The average molecular weight is 513 g/mol. The Bertz CT molecular complexity index is 1340. The molecule has 4 atom stereocenters. The van der Waals surface area contributed by atoms with Crippen molar-refractivity contribution in [2.75, 3.05) is 19.1 Å². The maximum Gasteiger partial charge on any atom is 0.325 e. The number of fused-ring (bicyclic) bond motifs is 1. The second-order valence-corrected chi connectivity index (χ2v) is 8.78. The molecule has 2 aliphatic rings. The van der Waals surface area contributed by atoms with E-state index in [9.17, 15) is 39.5 Å². The number of nitro benzene ring substituents is 1. The van der Waals surface area contributed by atoms with Crippen LogP contribution in [0.3, 0.4) is 0 Å². The molecule has 2 fully saturated rings. The lowest BCUT2D eigenvalue weighted by Crippen LogP contribution is -2.57. The molecule has 2 saturated heterocycles. The van der Waals surface area contributed by atoms with Crippen molar-refractivity contribution in [3.8, 4) is 11.5 Å². The maximum absolute atomic E-state index is 13.8. The second kappa shape index (κ2) is 9.17. The Kier molecular flexibility index (Phi) is 6.34. The number of nitro groups is 1. The number of carbonyl (C=O) groups is 4. The van der Waals surface area contributed by atoms with Crippen molar-refractivity contribution in [2.45, 2.75) is 24.9 Å². The third-order valence-corrected chi connectivity index (χ3v) is 6.91. The van der Waals surface area contributed by atoms with Crippen LogP contribution in [0.1, 0.15) is 23.6 Å². The summed E-state index contributed by atoms with van der Waals surface area (Å²) in [6.45, 7) is 1.69. The number of hydrogen-bond donors (Lipinski definition) is 3. The maximum atomic E-state index is 13.8.